The number of amides is 2. The second-order valence-electron chi connectivity index (χ2n) is 9.03. The zero-order valence-corrected chi connectivity index (χ0v) is 20.7. The molecule has 182 valence electrons. The van der Waals surface area contributed by atoms with Crippen molar-refractivity contribution >= 4 is 28.3 Å². The zero-order valence-electron chi connectivity index (χ0n) is 20.7. The van der Waals surface area contributed by atoms with Crippen molar-refractivity contribution in [2.24, 2.45) is 5.92 Å². The molecule has 0 radical (unpaired) electrons. The maximum absolute atomic E-state index is 13.3. The largest absolute Gasteiger partial charge is 0.506 e. The Morgan fingerprint density at radius 1 is 0.818 bits per heavy atom. The van der Waals surface area contributed by atoms with Crippen LogP contribution in [0.3, 0.4) is 0 Å². The molecule has 2 amide bonds. The Bertz CT molecular complexity index is 894. The molecule has 1 unspecified atom stereocenters. The Morgan fingerprint density at radius 3 is 2.06 bits per heavy atom. The summed E-state index contributed by atoms with van der Waals surface area (Å²) in [6, 6.07) is 8.82. The van der Waals surface area contributed by atoms with E-state index in [2.05, 4.69) is 24.5 Å². The number of carbonyl (C=O) groups excluding carboxylic acids is 2. The van der Waals surface area contributed by atoms with Gasteiger partial charge in [-0.3, -0.25) is 9.59 Å². The SMILES string of the molecule is CCCCCCCCC(CCCCCC)C(=O)Nc1cccc2c(O)c(C(=O)NC)ccc12. The van der Waals surface area contributed by atoms with Gasteiger partial charge in [-0.25, -0.2) is 0 Å². The van der Waals surface area contributed by atoms with Gasteiger partial charge in [0, 0.05) is 29.4 Å². The number of unbranched alkanes of at least 4 members (excludes halogenated alkanes) is 8. The summed E-state index contributed by atoms with van der Waals surface area (Å²) in [4.78, 5) is 25.3. The van der Waals surface area contributed by atoms with E-state index in [0.717, 1.165) is 31.1 Å². The molecule has 0 spiro atoms. The van der Waals surface area contributed by atoms with Crippen molar-refractivity contribution in [2.45, 2.75) is 90.9 Å². The zero-order chi connectivity index (χ0) is 24.1. The Labute approximate surface area is 199 Å². The van der Waals surface area contributed by atoms with Crippen molar-refractivity contribution in [1.82, 2.24) is 5.32 Å². The van der Waals surface area contributed by atoms with Crippen molar-refractivity contribution in [3.05, 3.63) is 35.9 Å². The lowest BCUT2D eigenvalue weighted by Gasteiger charge is -2.18. The highest BCUT2D eigenvalue weighted by molar-refractivity contribution is 6.09. The molecule has 1 atom stereocenters. The number of fused-ring (bicyclic) bond motifs is 1. The molecular formula is C28H42N2O3. The summed E-state index contributed by atoms with van der Waals surface area (Å²) < 4.78 is 0. The maximum atomic E-state index is 13.3. The molecule has 0 aliphatic rings. The van der Waals surface area contributed by atoms with Crippen LogP contribution in [0.15, 0.2) is 30.3 Å². The molecule has 2 aromatic rings. The number of anilines is 1. The number of aromatic hydroxyl groups is 1. The smallest absolute Gasteiger partial charge is 0.254 e. The number of carbonyl (C=O) groups is 2. The maximum Gasteiger partial charge on any atom is 0.254 e. The summed E-state index contributed by atoms with van der Waals surface area (Å²) in [7, 11) is 1.53. The van der Waals surface area contributed by atoms with E-state index >= 15 is 0 Å². The van der Waals surface area contributed by atoms with E-state index in [4.69, 9.17) is 0 Å². The van der Waals surface area contributed by atoms with E-state index in [1.165, 1.54) is 58.4 Å². The Hall–Kier alpha value is -2.56. The quantitative estimate of drug-likeness (QED) is 0.249. The van der Waals surface area contributed by atoms with Crippen LogP contribution in [0.1, 0.15) is 101 Å². The summed E-state index contributed by atoms with van der Waals surface area (Å²) in [6.07, 6.45) is 13.8. The normalized spacial score (nSPS) is 12.0. The van der Waals surface area contributed by atoms with Crippen LogP contribution in [0.2, 0.25) is 0 Å². The average molecular weight is 455 g/mol. The minimum atomic E-state index is -0.338. The van der Waals surface area contributed by atoms with Gasteiger partial charge in [-0.1, -0.05) is 96.3 Å². The van der Waals surface area contributed by atoms with Gasteiger partial charge in [0.1, 0.15) is 5.75 Å². The third-order valence-electron chi connectivity index (χ3n) is 6.45. The van der Waals surface area contributed by atoms with Gasteiger partial charge in [0.2, 0.25) is 5.91 Å². The van der Waals surface area contributed by atoms with Gasteiger partial charge in [-0.2, -0.15) is 0 Å². The lowest BCUT2D eigenvalue weighted by molar-refractivity contribution is -0.120. The molecule has 0 fully saturated rings. The molecule has 0 aliphatic heterocycles. The molecule has 0 aromatic heterocycles. The fraction of sp³-hybridized carbons (Fsp3) is 0.571. The lowest BCUT2D eigenvalue weighted by atomic mass is 9.93. The first-order chi connectivity index (χ1) is 16.0. The van der Waals surface area contributed by atoms with Gasteiger partial charge in [0.15, 0.2) is 0 Å². The topological polar surface area (TPSA) is 78.4 Å². The highest BCUT2D eigenvalue weighted by Crippen LogP contribution is 2.33. The van der Waals surface area contributed by atoms with E-state index in [-0.39, 0.29) is 29.0 Å². The molecular weight excluding hydrogens is 412 g/mol. The third kappa shape index (κ3) is 8.06. The second-order valence-corrected chi connectivity index (χ2v) is 9.03. The highest BCUT2D eigenvalue weighted by Gasteiger charge is 2.20. The van der Waals surface area contributed by atoms with Gasteiger partial charge in [-0.05, 0) is 25.0 Å². The molecule has 0 bridgehead atoms. The number of hydrogen-bond acceptors (Lipinski definition) is 3. The van der Waals surface area contributed by atoms with Crippen LogP contribution in [-0.4, -0.2) is 24.0 Å². The number of benzene rings is 2. The summed E-state index contributed by atoms with van der Waals surface area (Å²) in [5.41, 5.74) is 0.906. The van der Waals surface area contributed by atoms with Gasteiger partial charge in [-0.15, -0.1) is 0 Å². The van der Waals surface area contributed by atoms with Crippen LogP contribution >= 0.6 is 0 Å². The molecule has 5 nitrogen and oxygen atoms in total. The summed E-state index contributed by atoms with van der Waals surface area (Å²) in [6.45, 7) is 4.43. The van der Waals surface area contributed by atoms with E-state index in [0.29, 0.717) is 11.1 Å². The van der Waals surface area contributed by atoms with Crippen LogP contribution in [0.25, 0.3) is 10.8 Å². The van der Waals surface area contributed by atoms with Crippen molar-refractivity contribution in [3.8, 4) is 5.75 Å². The summed E-state index contributed by atoms with van der Waals surface area (Å²) in [5, 5.41) is 17.6. The summed E-state index contributed by atoms with van der Waals surface area (Å²) in [5.74, 6) is -0.342. The molecule has 5 heteroatoms. The highest BCUT2D eigenvalue weighted by atomic mass is 16.3. The number of rotatable bonds is 15. The first-order valence-electron chi connectivity index (χ1n) is 12.8. The van der Waals surface area contributed by atoms with Crippen molar-refractivity contribution in [3.63, 3.8) is 0 Å². The van der Waals surface area contributed by atoms with Gasteiger partial charge in [0.25, 0.3) is 5.91 Å². The first-order valence-corrected chi connectivity index (χ1v) is 12.8. The van der Waals surface area contributed by atoms with E-state index in [9.17, 15) is 14.7 Å². The number of phenols is 1. The minimum Gasteiger partial charge on any atom is -0.506 e. The van der Waals surface area contributed by atoms with E-state index in [1.54, 1.807) is 24.3 Å². The predicted octanol–water partition coefficient (Wildman–Crippen LogP) is 7.18. The molecule has 2 aromatic carbocycles. The Kier molecular flexibility index (Phi) is 11.8. The van der Waals surface area contributed by atoms with E-state index < -0.39 is 0 Å². The number of hydrogen-bond donors (Lipinski definition) is 3. The number of nitrogens with one attached hydrogen (secondary N) is 2. The van der Waals surface area contributed by atoms with Crippen LogP contribution in [0, 0.1) is 5.92 Å². The number of phenolic OH excluding ortho intramolecular Hbond substituents is 1. The van der Waals surface area contributed by atoms with Crippen LogP contribution < -0.4 is 10.6 Å². The average Bonchev–Trinajstić information content (AvgIpc) is 2.82. The monoisotopic (exact) mass is 454 g/mol. The minimum absolute atomic E-state index is 0.00188. The van der Waals surface area contributed by atoms with Crippen molar-refractivity contribution in [1.29, 1.82) is 0 Å². The fourth-order valence-electron chi connectivity index (χ4n) is 4.40. The first kappa shape index (κ1) is 26.7. The van der Waals surface area contributed by atoms with Crippen LogP contribution in [-0.2, 0) is 4.79 Å². The molecule has 3 N–H and O–H groups in total. The standard InChI is InChI=1S/C28H42N2O3/c1-4-6-8-10-11-13-16-21(15-12-9-7-5-2)27(32)30-25-18-14-17-23-22(25)19-20-24(26(23)31)28(33)29-3/h14,17-21,31H,4-13,15-16H2,1-3H3,(H,29,33)(H,30,32). The van der Waals surface area contributed by atoms with Gasteiger partial charge < -0.3 is 15.7 Å². The fourth-order valence-corrected chi connectivity index (χ4v) is 4.40. The van der Waals surface area contributed by atoms with Crippen molar-refractivity contribution < 1.29 is 14.7 Å². The Morgan fingerprint density at radius 2 is 1.42 bits per heavy atom. The molecule has 33 heavy (non-hydrogen) atoms. The Balaban J connectivity index is 2.12. The second kappa shape index (κ2) is 14.6. The van der Waals surface area contributed by atoms with Crippen molar-refractivity contribution in [2.75, 3.05) is 12.4 Å². The molecule has 0 aliphatic carbocycles. The van der Waals surface area contributed by atoms with Crippen LogP contribution in [0.5, 0.6) is 5.75 Å². The predicted molar refractivity (Wildman–Crippen MR) is 138 cm³/mol. The molecule has 0 heterocycles. The van der Waals surface area contributed by atoms with E-state index in [1.807, 2.05) is 6.07 Å². The molecule has 2 rings (SSSR count). The van der Waals surface area contributed by atoms with Gasteiger partial charge >= 0.3 is 0 Å². The lowest BCUT2D eigenvalue weighted by Crippen LogP contribution is -2.23. The molecule has 0 saturated heterocycles. The van der Waals surface area contributed by atoms with Crippen LogP contribution in [0.4, 0.5) is 5.69 Å². The van der Waals surface area contributed by atoms with Gasteiger partial charge in [0.05, 0.1) is 5.56 Å². The third-order valence-corrected chi connectivity index (χ3v) is 6.45. The summed E-state index contributed by atoms with van der Waals surface area (Å²) >= 11 is 0. The molecule has 0 saturated carbocycles.